The molecule has 0 aliphatic carbocycles. The van der Waals surface area contributed by atoms with Crippen LogP contribution >= 0.6 is 0 Å². The number of nitrogens with zero attached hydrogens (tertiary/aromatic N) is 2. The highest BCUT2D eigenvalue weighted by atomic mass is 16.5. The fourth-order valence-corrected chi connectivity index (χ4v) is 3.99. The first-order valence-corrected chi connectivity index (χ1v) is 7.43. The second-order valence-electron chi connectivity index (χ2n) is 6.44. The van der Waals surface area contributed by atoms with Crippen LogP contribution in [0.25, 0.3) is 0 Å². The van der Waals surface area contributed by atoms with E-state index in [1.54, 1.807) is 0 Å². The van der Waals surface area contributed by atoms with Crippen molar-refractivity contribution in [1.29, 1.82) is 0 Å². The molecule has 0 aromatic rings. The van der Waals surface area contributed by atoms with Gasteiger partial charge in [0, 0.05) is 44.2 Å². The van der Waals surface area contributed by atoms with Crippen LogP contribution in [-0.2, 0) is 4.74 Å². The van der Waals surface area contributed by atoms with Crippen molar-refractivity contribution < 1.29 is 4.74 Å². The largest absolute Gasteiger partial charge is 0.380 e. The number of hydrogen-bond donors (Lipinski definition) is 1. The average molecular weight is 253 g/mol. The lowest BCUT2D eigenvalue weighted by Crippen LogP contribution is -2.63. The van der Waals surface area contributed by atoms with Gasteiger partial charge in [-0.15, -0.1) is 0 Å². The van der Waals surface area contributed by atoms with Crippen molar-refractivity contribution in [2.75, 3.05) is 59.5 Å². The SMILES string of the molecule is CC(N1CCNCC1)C1(C2CCN(C)C2)COC1. The summed E-state index contributed by atoms with van der Waals surface area (Å²) in [4.78, 5) is 5.16. The summed E-state index contributed by atoms with van der Waals surface area (Å²) in [6, 6.07) is 0.671. The smallest absolute Gasteiger partial charge is 0.0563 e. The molecule has 0 radical (unpaired) electrons. The van der Waals surface area contributed by atoms with Gasteiger partial charge in [-0.3, -0.25) is 4.90 Å². The van der Waals surface area contributed by atoms with Crippen molar-refractivity contribution in [3.8, 4) is 0 Å². The predicted octanol–water partition coefficient (Wildman–Crippen LogP) is 0.248. The first kappa shape index (κ1) is 12.9. The van der Waals surface area contributed by atoms with Gasteiger partial charge in [-0.05, 0) is 32.9 Å². The summed E-state index contributed by atoms with van der Waals surface area (Å²) in [6.45, 7) is 11.6. The molecule has 104 valence electrons. The standard InChI is InChI=1S/C14H27N3O/c1-12(17-7-4-15-5-8-17)14(10-18-11-14)13-3-6-16(2)9-13/h12-13,15H,3-11H2,1-2H3. The molecule has 2 atom stereocenters. The van der Waals surface area contributed by atoms with E-state index in [1.807, 2.05) is 0 Å². The zero-order valence-electron chi connectivity index (χ0n) is 11.8. The Balaban J connectivity index is 1.70. The third kappa shape index (κ3) is 2.09. The van der Waals surface area contributed by atoms with E-state index < -0.39 is 0 Å². The summed E-state index contributed by atoms with van der Waals surface area (Å²) in [5, 5.41) is 3.45. The van der Waals surface area contributed by atoms with Gasteiger partial charge in [-0.1, -0.05) is 0 Å². The summed E-state index contributed by atoms with van der Waals surface area (Å²) < 4.78 is 5.64. The van der Waals surface area contributed by atoms with Gasteiger partial charge in [0.25, 0.3) is 0 Å². The van der Waals surface area contributed by atoms with Crippen molar-refractivity contribution in [1.82, 2.24) is 15.1 Å². The van der Waals surface area contributed by atoms with Crippen molar-refractivity contribution in [3.63, 3.8) is 0 Å². The Morgan fingerprint density at radius 2 is 1.94 bits per heavy atom. The first-order chi connectivity index (χ1) is 8.72. The molecule has 0 bridgehead atoms. The Morgan fingerprint density at radius 3 is 2.44 bits per heavy atom. The minimum absolute atomic E-state index is 0.433. The molecule has 3 fully saturated rings. The van der Waals surface area contributed by atoms with Gasteiger partial charge in [0.2, 0.25) is 0 Å². The summed E-state index contributed by atoms with van der Waals surface area (Å²) >= 11 is 0. The zero-order valence-corrected chi connectivity index (χ0v) is 11.8. The normalized spacial score (nSPS) is 35.3. The molecule has 0 aromatic carbocycles. The van der Waals surface area contributed by atoms with Crippen molar-refractivity contribution in [2.24, 2.45) is 11.3 Å². The van der Waals surface area contributed by atoms with Gasteiger partial charge >= 0.3 is 0 Å². The Morgan fingerprint density at radius 1 is 1.22 bits per heavy atom. The second-order valence-corrected chi connectivity index (χ2v) is 6.44. The zero-order chi connectivity index (χ0) is 12.6. The molecule has 3 saturated heterocycles. The van der Waals surface area contributed by atoms with E-state index >= 15 is 0 Å². The van der Waals surface area contributed by atoms with Crippen LogP contribution in [0.5, 0.6) is 0 Å². The third-order valence-corrected chi connectivity index (χ3v) is 5.48. The average Bonchev–Trinajstić information content (AvgIpc) is 2.76. The summed E-state index contributed by atoms with van der Waals surface area (Å²) in [6.07, 6.45) is 1.36. The lowest BCUT2D eigenvalue weighted by Gasteiger charge is -2.54. The first-order valence-electron chi connectivity index (χ1n) is 7.43. The summed E-state index contributed by atoms with van der Waals surface area (Å²) in [5.74, 6) is 0.834. The third-order valence-electron chi connectivity index (χ3n) is 5.48. The van der Waals surface area contributed by atoms with Crippen molar-refractivity contribution in [3.05, 3.63) is 0 Å². The molecule has 3 aliphatic rings. The van der Waals surface area contributed by atoms with E-state index in [9.17, 15) is 0 Å². The second kappa shape index (κ2) is 5.08. The van der Waals surface area contributed by atoms with Crippen molar-refractivity contribution >= 4 is 0 Å². The molecular weight excluding hydrogens is 226 g/mol. The van der Waals surface area contributed by atoms with Crippen LogP contribution in [0.1, 0.15) is 13.3 Å². The molecule has 0 aromatic heterocycles. The molecule has 1 N–H and O–H groups in total. The lowest BCUT2D eigenvalue weighted by molar-refractivity contribution is -0.180. The van der Waals surface area contributed by atoms with Gasteiger partial charge in [0.1, 0.15) is 0 Å². The van der Waals surface area contributed by atoms with Gasteiger partial charge in [0.05, 0.1) is 13.2 Å². The maximum absolute atomic E-state index is 5.64. The molecule has 0 spiro atoms. The number of rotatable bonds is 3. The fraction of sp³-hybridized carbons (Fsp3) is 1.00. The quantitative estimate of drug-likeness (QED) is 0.780. The highest BCUT2D eigenvalue weighted by Crippen LogP contribution is 2.45. The minimum atomic E-state index is 0.433. The Hall–Kier alpha value is -0.160. The van der Waals surface area contributed by atoms with Gasteiger partial charge in [-0.2, -0.15) is 0 Å². The van der Waals surface area contributed by atoms with Crippen LogP contribution in [-0.4, -0.2) is 75.4 Å². The molecule has 2 unspecified atom stereocenters. The molecule has 0 amide bonds. The molecule has 4 heteroatoms. The molecule has 3 aliphatic heterocycles. The number of ether oxygens (including phenoxy) is 1. The van der Waals surface area contributed by atoms with Gasteiger partial charge in [0.15, 0.2) is 0 Å². The minimum Gasteiger partial charge on any atom is -0.380 e. The predicted molar refractivity (Wildman–Crippen MR) is 72.8 cm³/mol. The lowest BCUT2D eigenvalue weighted by atomic mass is 9.67. The van der Waals surface area contributed by atoms with E-state index in [1.165, 1.54) is 32.6 Å². The van der Waals surface area contributed by atoms with Crippen LogP contribution < -0.4 is 5.32 Å². The van der Waals surface area contributed by atoms with E-state index in [2.05, 4.69) is 29.1 Å². The highest BCUT2D eigenvalue weighted by Gasteiger charge is 2.52. The Labute approximate surface area is 111 Å². The van der Waals surface area contributed by atoms with E-state index in [-0.39, 0.29) is 0 Å². The molecule has 0 saturated carbocycles. The van der Waals surface area contributed by atoms with Crippen LogP contribution in [0.4, 0.5) is 0 Å². The molecule has 4 nitrogen and oxygen atoms in total. The number of hydrogen-bond acceptors (Lipinski definition) is 4. The van der Waals surface area contributed by atoms with Crippen LogP contribution in [0.15, 0.2) is 0 Å². The monoisotopic (exact) mass is 253 g/mol. The Kier molecular flexibility index (Phi) is 3.63. The molecular formula is C14H27N3O. The topological polar surface area (TPSA) is 27.7 Å². The van der Waals surface area contributed by atoms with Gasteiger partial charge in [-0.25, -0.2) is 0 Å². The van der Waals surface area contributed by atoms with Gasteiger partial charge < -0.3 is 15.0 Å². The molecule has 3 heterocycles. The number of nitrogens with one attached hydrogen (secondary N) is 1. The fourth-order valence-electron chi connectivity index (χ4n) is 3.99. The Bertz CT molecular complexity index is 287. The van der Waals surface area contributed by atoms with E-state index in [4.69, 9.17) is 4.74 Å². The van der Waals surface area contributed by atoms with Crippen LogP contribution in [0.3, 0.4) is 0 Å². The van der Waals surface area contributed by atoms with E-state index in [0.29, 0.717) is 11.5 Å². The van der Waals surface area contributed by atoms with E-state index in [0.717, 1.165) is 32.2 Å². The molecule has 3 rings (SSSR count). The van der Waals surface area contributed by atoms with Crippen LogP contribution in [0, 0.1) is 11.3 Å². The maximum atomic E-state index is 5.64. The number of likely N-dealkylation sites (tertiary alicyclic amines) is 1. The summed E-state index contributed by atoms with van der Waals surface area (Å²) in [5.41, 5.74) is 0.433. The summed E-state index contributed by atoms with van der Waals surface area (Å²) in [7, 11) is 2.25. The molecule has 18 heavy (non-hydrogen) atoms. The van der Waals surface area contributed by atoms with Crippen LogP contribution in [0.2, 0.25) is 0 Å². The highest BCUT2D eigenvalue weighted by molar-refractivity contribution is 5.02. The number of piperazine rings is 1. The van der Waals surface area contributed by atoms with Crippen molar-refractivity contribution in [2.45, 2.75) is 19.4 Å². The maximum Gasteiger partial charge on any atom is 0.0563 e.